The van der Waals surface area contributed by atoms with Gasteiger partial charge in [-0.3, -0.25) is 9.78 Å². The number of benzene rings is 1. The molecule has 1 heterocycles. The minimum atomic E-state index is -3.52. The van der Waals surface area contributed by atoms with Crippen LogP contribution in [0.4, 0.5) is 5.69 Å². The third-order valence-electron chi connectivity index (χ3n) is 2.72. The monoisotopic (exact) mass is 325 g/mol. The molecule has 0 aliphatic heterocycles. The van der Waals surface area contributed by atoms with Gasteiger partial charge in [0.15, 0.2) is 0 Å². The Morgan fingerprint density at radius 2 is 1.86 bits per heavy atom. The Morgan fingerprint density at radius 3 is 2.43 bits per heavy atom. The average molecular weight is 326 g/mol. The smallest absolute Gasteiger partial charge is 0.255 e. The quantitative estimate of drug-likeness (QED) is 0.898. The molecule has 2 rings (SSSR count). The summed E-state index contributed by atoms with van der Waals surface area (Å²) in [5, 5.41) is 2.94. The van der Waals surface area contributed by atoms with E-state index in [2.05, 4.69) is 15.0 Å². The van der Waals surface area contributed by atoms with E-state index in [1.165, 1.54) is 43.7 Å². The molecule has 1 aromatic carbocycles. The molecule has 1 amide bonds. The lowest BCUT2D eigenvalue weighted by Crippen LogP contribution is -2.19. The highest BCUT2D eigenvalue weighted by Gasteiger charge is 2.13. The number of rotatable bonds is 4. The third-order valence-corrected chi connectivity index (χ3v) is 4.45. The van der Waals surface area contributed by atoms with Crippen molar-refractivity contribution in [2.24, 2.45) is 0 Å². The van der Waals surface area contributed by atoms with Crippen LogP contribution in [0, 0.1) is 0 Å². The molecular formula is C13H12ClN3O3S. The number of carbonyl (C=O) groups excluding carboxylic acids is 1. The van der Waals surface area contributed by atoms with Crippen molar-refractivity contribution in [3.63, 3.8) is 0 Å². The molecule has 8 heteroatoms. The molecule has 0 unspecified atom stereocenters. The standard InChI is InChI=1S/C13H12ClN3O3S/c1-15-21(19,20)10-4-2-9(3-5-10)13(18)17-12-6-7-16-8-11(12)14/h2-8,15H,1H3,(H,16,17,18). The summed E-state index contributed by atoms with van der Waals surface area (Å²) in [5.74, 6) is -0.392. The first kappa shape index (κ1) is 15.4. The zero-order valence-corrected chi connectivity index (χ0v) is 12.6. The maximum absolute atomic E-state index is 12.0. The molecule has 0 atom stereocenters. The van der Waals surface area contributed by atoms with Gasteiger partial charge >= 0.3 is 0 Å². The van der Waals surface area contributed by atoms with Crippen LogP contribution < -0.4 is 10.0 Å². The number of carbonyl (C=O) groups is 1. The maximum Gasteiger partial charge on any atom is 0.255 e. The predicted molar refractivity (Wildman–Crippen MR) is 79.9 cm³/mol. The van der Waals surface area contributed by atoms with Crippen molar-refractivity contribution in [3.05, 3.63) is 53.3 Å². The van der Waals surface area contributed by atoms with Crippen LogP contribution in [-0.4, -0.2) is 26.4 Å². The second kappa shape index (κ2) is 6.21. The Hall–Kier alpha value is -1.96. The first-order valence-electron chi connectivity index (χ1n) is 5.88. The summed E-state index contributed by atoms with van der Waals surface area (Å²) >= 11 is 5.89. The summed E-state index contributed by atoms with van der Waals surface area (Å²) in [6.07, 6.45) is 2.92. The van der Waals surface area contributed by atoms with Crippen molar-refractivity contribution in [1.82, 2.24) is 9.71 Å². The fourth-order valence-corrected chi connectivity index (χ4v) is 2.47. The highest BCUT2D eigenvalue weighted by atomic mass is 35.5. The largest absolute Gasteiger partial charge is 0.321 e. The van der Waals surface area contributed by atoms with Crippen LogP contribution in [-0.2, 0) is 10.0 Å². The molecule has 6 nitrogen and oxygen atoms in total. The normalized spacial score (nSPS) is 11.1. The molecule has 0 bridgehead atoms. The van der Waals surface area contributed by atoms with Crippen LogP contribution in [0.5, 0.6) is 0 Å². The van der Waals surface area contributed by atoms with E-state index in [4.69, 9.17) is 11.6 Å². The molecule has 0 saturated heterocycles. The number of halogens is 1. The Bertz CT molecular complexity index is 760. The molecular weight excluding hydrogens is 314 g/mol. The molecule has 0 spiro atoms. The Kier molecular flexibility index (Phi) is 4.56. The fraction of sp³-hybridized carbons (Fsp3) is 0.0769. The lowest BCUT2D eigenvalue weighted by atomic mass is 10.2. The third kappa shape index (κ3) is 3.57. The van der Waals surface area contributed by atoms with E-state index in [1.807, 2.05) is 0 Å². The van der Waals surface area contributed by atoms with Crippen LogP contribution >= 0.6 is 11.6 Å². The summed E-state index contributed by atoms with van der Waals surface area (Å²) in [7, 11) is -2.20. The number of hydrogen-bond donors (Lipinski definition) is 2. The number of anilines is 1. The Labute approximate surface area is 127 Å². The molecule has 21 heavy (non-hydrogen) atoms. The average Bonchev–Trinajstić information content (AvgIpc) is 2.49. The van der Waals surface area contributed by atoms with E-state index in [0.29, 0.717) is 16.3 Å². The zero-order chi connectivity index (χ0) is 15.5. The van der Waals surface area contributed by atoms with Gasteiger partial charge in [-0.1, -0.05) is 11.6 Å². The van der Waals surface area contributed by atoms with Gasteiger partial charge in [0.05, 0.1) is 15.6 Å². The lowest BCUT2D eigenvalue weighted by Gasteiger charge is -2.07. The predicted octanol–water partition coefficient (Wildman–Crippen LogP) is 1.90. The van der Waals surface area contributed by atoms with Crippen molar-refractivity contribution < 1.29 is 13.2 Å². The molecule has 2 N–H and O–H groups in total. The molecule has 0 fully saturated rings. The molecule has 110 valence electrons. The molecule has 0 aliphatic carbocycles. The summed E-state index contributed by atoms with van der Waals surface area (Å²) in [5.41, 5.74) is 0.751. The Balaban J connectivity index is 2.20. The number of aromatic nitrogens is 1. The number of hydrogen-bond acceptors (Lipinski definition) is 4. The van der Waals surface area contributed by atoms with Crippen molar-refractivity contribution in [1.29, 1.82) is 0 Å². The van der Waals surface area contributed by atoms with Gasteiger partial charge in [0, 0.05) is 18.0 Å². The van der Waals surface area contributed by atoms with E-state index in [0.717, 1.165) is 0 Å². The first-order chi connectivity index (χ1) is 9.94. The van der Waals surface area contributed by atoms with Crippen LogP contribution in [0.15, 0.2) is 47.6 Å². The highest BCUT2D eigenvalue weighted by Crippen LogP contribution is 2.20. The van der Waals surface area contributed by atoms with Crippen molar-refractivity contribution in [2.45, 2.75) is 4.90 Å². The highest BCUT2D eigenvalue weighted by molar-refractivity contribution is 7.89. The van der Waals surface area contributed by atoms with Crippen LogP contribution in [0.1, 0.15) is 10.4 Å². The van der Waals surface area contributed by atoms with Gasteiger partial charge in [0.25, 0.3) is 5.91 Å². The first-order valence-corrected chi connectivity index (χ1v) is 7.74. The molecule has 0 aliphatic rings. The van der Waals surface area contributed by atoms with E-state index in [-0.39, 0.29) is 4.90 Å². The minimum absolute atomic E-state index is 0.0866. The zero-order valence-electron chi connectivity index (χ0n) is 11.0. The summed E-state index contributed by atoms with van der Waals surface area (Å²) < 4.78 is 25.4. The number of pyridine rings is 1. The van der Waals surface area contributed by atoms with Gasteiger partial charge in [0.1, 0.15) is 0 Å². The molecule has 0 radical (unpaired) electrons. The van der Waals surface area contributed by atoms with Crippen LogP contribution in [0.2, 0.25) is 5.02 Å². The van der Waals surface area contributed by atoms with E-state index in [1.54, 1.807) is 6.07 Å². The van der Waals surface area contributed by atoms with Gasteiger partial charge in [-0.05, 0) is 37.4 Å². The van der Waals surface area contributed by atoms with Gasteiger partial charge < -0.3 is 5.32 Å². The van der Waals surface area contributed by atoms with E-state index >= 15 is 0 Å². The van der Waals surface area contributed by atoms with Crippen molar-refractivity contribution >= 4 is 33.2 Å². The molecule has 0 saturated carbocycles. The SMILES string of the molecule is CNS(=O)(=O)c1ccc(C(=O)Nc2ccncc2Cl)cc1. The molecule has 1 aromatic heterocycles. The van der Waals surface area contributed by atoms with E-state index in [9.17, 15) is 13.2 Å². The lowest BCUT2D eigenvalue weighted by molar-refractivity contribution is 0.102. The van der Waals surface area contributed by atoms with Crippen LogP contribution in [0.25, 0.3) is 0 Å². The second-order valence-electron chi connectivity index (χ2n) is 4.04. The number of nitrogens with zero attached hydrogens (tertiary/aromatic N) is 1. The van der Waals surface area contributed by atoms with Crippen molar-refractivity contribution in [2.75, 3.05) is 12.4 Å². The van der Waals surface area contributed by atoms with Gasteiger partial charge in [0.2, 0.25) is 10.0 Å². The number of amides is 1. The van der Waals surface area contributed by atoms with Gasteiger partial charge in [-0.15, -0.1) is 0 Å². The minimum Gasteiger partial charge on any atom is -0.321 e. The summed E-state index contributed by atoms with van der Waals surface area (Å²) in [4.78, 5) is 15.9. The maximum atomic E-state index is 12.0. The summed E-state index contributed by atoms with van der Waals surface area (Å²) in [6.45, 7) is 0. The summed E-state index contributed by atoms with van der Waals surface area (Å²) in [6, 6.07) is 7.13. The Morgan fingerprint density at radius 1 is 1.19 bits per heavy atom. The number of sulfonamides is 1. The fourth-order valence-electron chi connectivity index (χ4n) is 1.57. The second-order valence-corrected chi connectivity index (χ2v) is 6.34. The van der Waals surface area contributed by atoms with Crippen molar-refractivity contribution in [3.8, 4) is 0 Å². The topological polar surface area (TPSA) is 88.2 Å². The number of nitrogens with one attached hydrogen (secondary N) is 2. The van der Waals surface area contributed by atoms with Gasteiger partial charge in [-0.2, -0.15) is 0 Å². The van der Waals surface area contributed by atoms with E-state index < -0.39 is 15.9 Å². The van der Waals surface area contributed by atoms with Crippen LogP contribution in [0.3, 0.4) is 0 Å². The van der Waals surface area contributed by atoms with Gasteiger partial charge in [-0.25, -0.2) is 13.1 Å². The molecule has 2 aromatic rings.